The second-order valence-corrected chi connectivity index (χ2v) is 6.94. The first-order valence-electron chi connectivity index (χ1n) is 9.85. The SMILES string of the molecule is COc1cccc(Oc2cc(-c3ccc(C(=O)NCC4CCCO4)cc3)ncn2)c1. The summed E-state index contributed by atoms with van der Waals surface area (Å²) >= 11 is 0. The van der Waals surface area contributed by atoms with Crippen LogP contribution in [0.1, 0.15) is 23.2 Å². The summed E-state index contributed by atoms with van der Waals surface area (Å²) in [6.45, 7) is 1.31. The molecule has 154 valence electrons. The highest BCUT2D eigenvalue weighted by Gasteiger charge is 2.16. The molecule has 0 spiro atoms. The van der Waals surface area contributed by atoms with Gasteiger partial charge in [0.2, 0.25) is 5.88 Å². The van der Waals surface area contributed by atoms with Crippen molar-refractivity contribution < 1.29 is 19.0 Å². The molecule has 0 saturated carbocycles. The highest BCUT2D eigenvalue weighted by molar-refractivity contribution is 5.94. The van der Waals surface area contributed by atoms with E-state index in [2.05, 4.69) is 15.3 Å². The quantitative estimate of drug-likeness (QED) is 0.643. The minimum Gasteiger partial charge on any atom is -0.497 e. The fourth-order valence-electron chi connectivity index (χ4n) is 3.24. The largest absolute Gasteiger partial charge is 0.497 e. The number of aromatic nitrogens is 2. The van der Waals surface area contributed by atoms with Crippen LogP contribution >= 0.6 is 0 Å². The van der Waals surface area contributed by atoms with Crippen LogP contribution in [0.15, 0.2) is 60.9 Å². The second-order valence-electron chi connectivity index (χ2n) is 6.94. The molecule has 4 rings (SSSR count). The number of amides is 1. The van der Waals surface area contributed by atoms with Crippen LogP contribution in [0, 0.1) is 0 Å². The Bertz CT molecular complexity index is 1000. The summed E-state index contributed by atoms with van der Waals surface area (Å²) < 4.78 is 16.6. The molecule has 1 amide bonds. The molecule has 0 aliphatic carbocycles. The molecule has 3 aromatic rings. The standard InChI is InChI=1S/C23H23N3O4/c1-28-18-4-2-5-19(12-18)30-22-13-21(25-15-26-22)16-7-9-17(10-8-16)23(27)24-14-20-6-3-11-29-20/h2,4-5,7-10,12-13,15,20H,3,6,11,14H2,1H3,(H,24,27). The number of ether oxygens (including phenoxy) is 3. The van der Waals surface area contributed by atoms with Gasteiger partial charge in [0, 0.05) is 36.4 Å². The summed E-state index contributed by atoms with van der Waals surface area (Å²) in [7, 11) is 1.61. The minimum absolute atomic E-state index is 0.109. The Morgan fingerprint density at radius 1 is 1.13 bits per heavy atom. The average Bonchev–Trinajstić information content (AvgIpc) is 3.32. The molecule has 30 heavy (non-hydrogen) atoms. The molecule has 7 heteroatoms. The number of carbonyl (C=O) groups is 1. The first kappa shape index (κ1) is 19.8. The molecule has 2 heterocycles. The number of hydrogen-bond acceptors (Lipinski definition) is 6. The molecule has 1 unspecified atom stereocenters. The number of nitrogens with one attached hydrogen (secondary N) is 1. The van der Waals surface area contributed by atoms with Crippen molar-refractivity contribution in [3.8, 4) is 28.6 Å². The smallest absolute Gasteiger partial charge is 0.251 e. The van der Waals surface area contributed by atoms with Gasteiger partial charge < -0.3 is 19.5 Å². The number of benzene rings is 2. The van der Waals surface area contributed by atoms with Crippen LogP contribution in [0.3, 0.4) is 0 Å². The van der Waals surface area contributed by atoms with Crippen molar-refractivity contribution in [2.24, 2.45) is 0 Å². The average molecular weight is 405 g/mol. The van der Waals surface area contributed by atoms with Crippen LogP contribution in [0.25, 0.3) is 11.3 Å². The molecule has 1 aliphatic heterocycles. The van der Waals surface area contributed by atoms with Crippen LogP contribution in [0.2, 0.25) is 0 Å². The van der Waals surface area contributed by atoms with Crippen molar-refractivity contribution in [2.75, 3.05) is 20.3 Å². The van der Waals surface area contributed by atoms with Crippen LogP contribution < -0.4 is 14.8 Å². The molecule has 2 aromatic carbocycles. The molecule has 1 aromatic heterocycles. The van der Waals surface area contributed by atoms with E-state index in [9.17, 15) is 4.79 Å². The van der Waals surface area contributed by atoms with E-state index in [-0.39, 0.29) is 12.0 Å². The zero-order valence-electron chi connectivity index (χ0n) is 16.7. The zero-order chi connectivity index (χ0) is 20.8. The lowest BCUT2D eigenvalue weighted by Crippen LogP contribution is -2.31. The van der Waals surface area contributed by atoms with Gasteiger partial charge in [-0.15, -0.1) is 0 Å². The molecule has 0 bridgehead atoms. The van der Waals surface area contributed by atoms with Crippen molar-refractivity contribution in [1.82, 2.24) is 15.3 Å². The Labute approximate surface area is 175 Å². The summed E-state index contributed by atoms with van der Waals surface area (Å²) in [6.07, 6.45) is 3.62. The van der Waals surface area contributed by atoms with Gasteiger partial charge in [-0.1, -0.05) is 18.2 Å². The molecule has 1 aliphatic rings. The highest BCUT2D eigenvalue weighted by Crippen LogP contribution is 2.26. The summed E-state index contributed by atoms with van der Waals surface area (Å²) in [5, 5.41) is 2.93. The minimum atomic E-state index is -0.109. The lowest BCUT2D eigenvalue weighted by atomic mass is 10.1. The maximum atomic E-state index is 12.3. The zero-order valence-corrected chi connectivity index (χ0v) is 16.7. The van der Waals surface area contributed by atoms with Gasteiger partial charge in [-0.25, -0.2) is 9.97 Å². The number of rotatable bonds is 7. The lowest BCUT2D eigenvalue weighted by Gasteiger charge is -2.11. The molecule has 1 saturated heterocycles. The van der Waals surface area contributed by atoms with Crippen LogP contribution in [0.5, 0.6) is 17.4 Å². The van der Waals surface area contributed by atoms with Crippen molar-refractivity contribution >= 4 is 5.91 Å². The molecule has 1 atom stereocenters. The summed E-state index contributed by atoms with van der Waals surface area (Å²) in [6, 6.07) is 16.3. The van der Waals surface area contributed by atoms with E-state index in [0.717, 1.165) is 25.0 Å². The van der Waals surface area contributed by atoms with Crippen molar-refractivity contribution in [3.05, 3.63) is 66.5 Å². The van der Waals surface area contributed by atoms with Crippen LogP contribution in [-0.2, 0) is 4.74 Å². The van der Waals surface area contributed by atoms with Crippen LogP contribution in [0.4, 0.5) is 0 Å². The third-order valence-electron chi connectivity index (χ3n) is 4.86. The van der Waals surface area contributed by atoms with Crippen molar-refractivity contribution in [3.63, 3.8) is 0 Å². The van der Waals surface area contributed by atoms with E-state index in [0.29, 0.717) is 35.2 Å². The Balaban J connectivity index is 1.42. The molecule has 0 radical (unpaired) electrons. The fourth-order valence-corrected chi connectivity index (χ4v) is 3.24. The van der Waals surface area contributed by atoms with Gasteiger partial charge in [-0.3, -0.25) is 4.79 Å². The molecule has 1 fully saturated rings. The van der Waals surface area contributed by atoms with Gasteiger partial charge in [0.15, 0.2) is 0 Å². The number of methoxy groups -OCH3 is 1. The first-order chi connectivity index (χ1) is 14.7. The number of nitrogens with zero attached hydrogens (tertiary/aromatic N) is 2. The van der Waals surface area contributed by atoms with E-state index >= 15 is 0 Å². The maximum Gasteiger partial charge on any atom is 0.251 e. The van der Waals surface area contributed by atoms with E-state index in [1.165, 1.54) is 6.33 Å². The Kier molecular flexibility index (Phi) is 6.20. The van der Waals surface area contributed by atoms with Gasteiger partial charge in [0.1, 0.15) is 17.8 Å². The molecular formula is C23H23N3O4. The molecule has 1 N–H and O–H groups in total. The van der Waals surface area contributed by atoms with Crippen molar-refractivity contribution in [2.45, 2.75) is 18.9 Å². The van der Waals surface area contributed by atoms with E-state index < -0.39 is 0 Å². The van der Waals surface area contributed by atoms with E-state index in [1.54, 1.807) is 31.4 Å². The van der Waals surface area contributed by atoms with Crippen molar-refractivity contribution in [1.29, 1.82) is 0 Å². The topological polar surface area (TPSA) is 82.6 Å². The Hall–Kier alpha value is -3.45. The van der Waals surface area contributed by atoms with Gasteiger partial charge in [0.25, 0.3) is 5.91 Å². The normalized spacial score (nSPS) is 15.6. The third kappa shape index (κ3) is 4.93. The first-order valence-corrected chi connectivity index (χ1v) is 9.85. The predicted octanol–water partition coefficient (Wildman–Crippen LogP) is 3.85. The summed E-state index contributed by atoms with van der Waals surface area (Å²) in [5.74, 6) is 1.64. The number of carbonyl (C=O) groups excluding carboxylic acids is 1. The Morgan fingerprint density at radius 3 is 2.73 bits per heavy atom. The monoisotopic (exact) mass is 405 g/mol. The third-order valence-corrected chi connectivity index (χ3v) is 4.86. The van der Waals surface area contributed by atoms with Gasteiger partial charge in [-0.2, -0.15) is 0 Å². The Morgan fingerprint density at radius 2 is 1.97 bits per heavy atom. The van der Waals surface area contributed by atoms with E-state index in [4.69, 9.17) is 14.2 Å². The van der Waals surface area contributed by atoms with Gasteiger partial charge in [-0.05, 0) is 37.1 Å². The van der Waals surface area contributed by atoms with Gasteiger partial charge >= 0.3 is 0 Å². The van der Waals surface area contributed by atoms with Gasteiger partial charge in [0.05, 0.1) is 18.9 Å². The molecule has 7 nitrogen and oxygen atoms in total. The highest BCUT2D eigenvalue weighted by atomic mass is 16.5. The lowest BCUT2D eigenvalue weighted by molar-refractivity contribution is 0.0858. The fraction of sp³-hybridized carbons (Fsp3) is 0.261. The second kappa shape index (κ2) is 9.37. The maximum absolute atomic E-state index is 12.3. The van der Waals surface area contributed by atoms with Crippen LogP contribution in [-0.4, -0.2) is 42.2 Å². The number of hydrogen-bond donors (Lipinski definition) is 1. The predicted molar refractivity (Wildman–Crippen MR) is 112 cm³/mol. The summed E-state index contributed by atoms with van der Waals surface area (Å²) in [5.41, 5.74) is 2.16. The molecular weight excluding hydrogens is 382 g/mol. The van der Waals surface area contributed by atoms with E-state index in [1.807, 2.05) is 30.3 Å². The summed E-state index contributed by atoms with van der Waals surface area (Å²) in [4.78, 5) is 20.8.